The third-order valence-corrected chi connectivity index (χ3v) is 5.55. The fourth-order valence-corrected chi connectivity index (χ4v) is 3.85. The lowest BCUT2D eigenvalue weighted by Crippen LogP contribution is -2.38. The van der Waals surface area contributed by atoms with Gasteiger partial charge in [0.25, 0.3) is 0 Å². The Labute approximate surface area is 199 Å². The van der Waals surface area contributed by atoms with Crippen molar-refractivity contribution in [1.29, 1.82) is 0 Å². The highest BCUT2D eigenvalue weighted by atomic mass is 127. The van der Waals surface area contributed by atoms with Gasteiger partial charge in [-0.1, -0.05) is 12.1 Å². The van der Waals surface area contributed by atoms with Gasteiger partial charge in [-0.15, -0.1) is 24.0 Å². The summed E-state index contributed by atoms with van der Waals surface area (Å²) in [5, 5.41) is 3.42. The smallest absolute Gasteiger partial charge is 0.193 e. The van der Waals surface area contributed by atoms with Crippen molar-refractivity contribution >= 4 is 35.6 Å². The van der Waals surface area contributed by atoms with E-state index < -0.39 is 0 Å². The zero-order valence-electron chi connectivity index (χ0n) is 18.6. The molecule has 1 aromatic carbocycles. The molecule has 3 rings (SSSR count). The maximum atomic E-state index is 4.84. The van der Waals surface area contributed by atoms with Crippen molar-refractivity contribution in [3.05, 3.63) is 59.4 Å². The Morgan fingerprint density at radius 1 is 1.13 bits per heavy atom. The van der Waals surface area contributed by atoms with Crippen LogP contribution < -0.4 is 10.2 Å². The summed E-state index contributed by atoms with van der Waals surface area (Å²) in [7, 11) is 2.11. The van der Waals surface area contributed by atoms with Crippen molar-refractivity contribution < 1.29 is 0 Å². The van der Waals surface area contributed by atoms with Crippen LogP contribution in [0.25, 0.3) is 0 Å². The summed E-state index contributed by atoms with van der Waals surface area (Å²) in [6, 6.07) is 11.1. The van der Waals surface area contributed by atoms with Crippen molar-refractivity contribution in [3.63, 3.8) is 0 Å². The molecule has 5 nitrogen and oxygen atoms in total. The Hall–Kier alpha value is -1.83. The summed E-state index contributed by atoms with van der Waals surface area (Å²) in [6.45, 7) is 9.08. The molecule has 1 aliphatic rings. The van der Waals surface area contributed by atoms with Gasteiger partial charge in [-0.05, 0) is 74.4 Å². The maximum Gasteiger partial charge on any atom is 0.193 e. The number of benzene rings is 1. The van der Waals surface area contributed by atoms with E-state index in [9.17, 15) is 0 Å². The molecule has 6 heteroatoms. The Morgan fingerprint density at radius 2 is 1.87 bits per heavy atom. The van der Waals surface area contributed by atoms with Crippen LogP contribution in [0, 0.1) is 6.92 Å². The molecule has 2 aromatic rings. The lowest BCUT2D eigenvalue weighted by molar-refractivity contribution is 0.477. The third kappa shape index (κ3) is 7.15. The van der Waals surface area contributed by atoms with Gasteiger partial charge in [-0.25, -0.2) is 0 Å². The Morgan fingerprint density at radius 3 is 2.53 bits per heavy atom. The van der Waals surface area contributed by atoms with E-state index in [2.05, 4.69) is 71.3 Å². The first-order chi connectivity index (χ1) is 14.2. The standard InChI is InChI=1S/C24H35N5.HI/c1-4-26-24(27-15-13-22-12-14-25-18-20(22)2)28(3)19-21-8-10-23(11-9-21)29-16-6-5-7-17-29;/h8-12,14,18H,4-7,13,15-17,19H2,1-3H3,(H,26,27);1H. The van der Waals surface area contributed by atoms with Crippen molar-refractivity contribution in [2.24, 2.45) is 4.99 Å². The molecule has 0 unspecified atom stereocenters. The fourth-order valence-electron chi connectivity index (χ4n) is 3.85. The van der Waals surface area contributed by atoms with Crippen LogP contribution in [-0.4, -0.2) is 49.1 Å². The molecule has 0 aliphatic carbocycles. The van der Waals surface area contributed by atoms with Crippen LogP contribution in [0.5, 0.6) is 0 Å². The number of hydrogen-bond acceptors (Lipinski definition) is 3. The largest absolute Gasteiger partial charge is 0.372 e. The first kappa shape index (κ1) is 24.4. The summed E-state index contributed by atoms with van der Waals surface area (Å²) in [4.78, 5) is 13.7. The number of nitrogens with one attached hydrogen (secondary N) is 1. The van der Waals surface area contributed by atoms with Gasteiger partial charge in [0.15, 0.2) is 5.96 Å². The van der Waals surface area contributed by atoms with E-state index >= 15 is 0 Å². The molecule has 2 heterocycles. The number of aliphatic imine (C=N–C) groups is 1. The molecule has 1 aromatic heterocycles. The van der Waals surface area contributed by atoms with Gasteiger partial charge in [-0.2, -0.15) is 0 Å². The summed E-state index contributed by atoms with van der Waals surface area (Å²) in [6.07, 6.45) is 8.70. The van der Waals surface area contributed by atoms with Gasteiger partial charge in [0.05, 0.1) is 0 Å². The molecular formula is C24H36IN5. The van der Waals surface area contributed by atoms with Crippen LogP contribution in [-0.2, 0) is 13.0 Å². The van der Waals surface area contributed by atoms with E-state index in [1.54, 1.807) is 0 Å². The van der Waals surface area contributed by atoms with E-state index in [4.69, 9.17) is 4.99 Å². The molecule has 0 spiro atoms. The lowest BCUT2D eigenvalue weighted by atomic mass is 10.1. The average molecular weight is 521 g/mol. The Bertz CT molecular complexity index is 784. The van der Waals surface area contributed by atoms with E-state index in [0.717, 1.165) is 32.0 Å². The second-order valence-electron chi connectivity index (χ2n) is 7.86. The van der Waals surface area contributed by atoms with Gasteiger partial charge < -0.3 is 15.1 Å². The van der Waals surface area contributed by atoms with Gasteiger partial charge >= 0.3 is 0 Å². The van der Waals surface area contributed by atoms with Crippen molar-refractivity contribution in [1.82, 2.24) is 15.2 Å². The number of aromatic nitrogens is 1. The minimum absolute atomic E-state index is 0. The maximum absolute atomic E-state index is 4.84. The molecule has 1 fully saturated rings. The average Bonchev–Trinajstić information content (AvgIpc) is 2.75. The lowest BCUT2D eigenvalue weighted by Gasteiger charge is -2.29. The van der Waals surface area contributed by atoms with Crippen LogP contribution in [0.1, 0.15) is 42.9 Å². The summed E-state index contributed by atoms with van der Waals surface area (Å²) in [5.41, 5.74) is 5.21. The second-order valence-corrected chi connectivity index (χ2v) is 7.86. The molecular weight excluding hydrogens is 485 g/mol. The molecule has 0 saturated carbocycles. The Kier molecular flexibility index (Phi) is 10.4. The SMILES string of the molecule is CCNC(=NCCc1ccncc1C)N(C)Cc1ccc(N2CCCCC2)cc1.I. The van der Waals surface area contributed by atoms with Crippen LogP contribution in [0.15, 0.2) is 47.7 Å². The minimum atomic E-state index is 0. The van der Waals surface area contributed by atoms with E-state index in [1.165, 1.54) is 54.7 Å². The third-order valence-electron chi connectivity index (χ3n) is 5.55. The van der Waals surface area contributed by atoms with Crippen molar-refractivity contribution in [2.45, 2.75) is 46.1 Å². The number of nitrogens with zero attached hydrogens (tertiary/aromatic N) is 4. The predicted octanol–water partition coefficient (Wildman–Crippen LogP) is 4.64. The topological polar surface area (TPSA) is 43.8 Å². The summed E-state index contributed by atoms with van der Waals surface area (Å²) >= 11 is 0. The number of rotatable bonds is 7. The second kappa shape index (κ2) is 12.8. The quantitative estimate of drug-likeness (QED) is 0.328. The highest BCUT2D eigenvalue weighted by Gasteiger charge is 2.11. The van der Waals surface area contributed by atoms with Gasteiger partial charge in [0, 0.05) is 57.9 Å². The van der Waals surface area contributed by atoms with Crippen LogP contribution >= 0.6 is 24.0 Å². The van der Waals surface area contributed by atoms with Crippen LogP contribution in [0.3, 0.4) is 0 Å². The predicted molar refractivity (Wildman–Crippen MR) is 138 cm³/mol. The number of aryl methyl sites for hydroxylation is 1. The number of pyridine rings is 1. The zero-order valence-corrected chi connectivity index (χ0v) is 20.9. The number of halogens is 1. The van der Waals surface area contributed by atoms with E-state index in [-0.39, 0.29) is 24.0 Å². The highest BCUT2D eigenvalue weighted by molar-refractivity contribution is 14.0. The molecule has 0 radical (unpaired) electrons. The number of hydrogen-bond donors (Lipinski definition) is 1. The van der Waals surface area contributed by atoms with E-state index in [1.807, 2.05) is 12.4 Å². The number of piperidine rings is 1. The monoisotopic (exact) mass is 521 g/mol. The van der Waals surface area contributed by atoms with Crippen LogP contribution in [0.4, 0.5) is 5.69 Å². The molecule has 0 atom stereocenters. The van der Waals surface area contributed by atoms with Crippen molar-refractivity contribution in [3.8, 4) is 0 Å². The fraction of sp³-hybridized carbons (Fsp3) is 0.500. The van der Waals surface area contributed by atoms with Crippen molar-refractivity contribution in [2.75, 3.05) is 38.1 Å². The number of guanidine groups is 1. The van der Waals surface area contributed by atoms with Gasteiger partial charge in [0.2, 0.25) is 0 Å². The van der Waals surface area contributed by atoms with Crippen LogP contribution in [0.2, 0.25) is 0 Å². The molecule has 0 amide bonds. The molecule has 1 saturated heterocycles. The minimum Gasteiger partial charge on any atom is -0.372 e. The van der Waals surface area contributed by atoms with Gasteiger partial charge in [-0.3, -0.25) is 9.98 Å². The Balaban J connectivity index is 0.00000320. The molecule has 164 valence electrons. The zero-order chi connectivity index (χ0) is 20.5. The first-order valence-electron chi connectivity index (χ1n) is 10.9. The molecule has 0 bridgehead atoms. The first-order valence-corrected chi connectivity index (χ1v) is 10.9. The number of anilines is 1. The summed E-state index contributed by atoms with van der Waals surface area (Å²) < 4.78 is 0. The molecule has 1 N–H and O–H groups in total. The normalized spacial score (nSPS) is 14.2. The van der Waals surface area contributed by atoms with Gasteiger partial charge in [0.1, 0.15) is 0 Å². The highest BCUT2D eigenvalue weighted by Crippen LogP contribution is 2.20. The molecule has 30 heavy (non-hydrogen) atoms. The summed E-state index contributed by atoms with van der Waals surface area (Å²) in [5.74, 6) is 0.958. The molecule has 1 aliphatic heterocycles. The van der Waals surface area contributed by atoms with E-state index in [0.29, 0.717) is 0 Å².